The lowest BCUT2D eigenvalue weighted by Crippen LogP contribution is -2.22. The van der Waals surface area contributed by atoms with Crippen molar-refractivity contribution in [3.8, 4) is 0 Å². The van der Waals surface area contributed by atoms with Crippen molar-refractivity contribution in [3.63, 3.8) is 0 Å². The van der Waals surface area contributed by atoms with Gasteiger partial charge in [-0.1, -0.05) is 42.1 Å². The van der Waals surface area contributed by atoms with Gasteiger partial charge in [-0.3, -0.25) is 0 Å². The zero-order valence-corrected chi connectivity index (χ0v) is 12.7. The summed E-state index contributed by atoms with van der Waals surface area (Å²) in [6, 6.07) is 10.5. The number of halogens is 1. The average molecular weight is 361 g/mol. The van der Waals surface area contributed by atoms with Gasteiger partial charge in [0, 0.05) is 30.2 Å². The zero-order chi connectivity index (χ0) is 12.3. The number of benzene rings is 1. The fourth-order valence-electron chi connectivity index (χ4n) is 1.89. The molecule has 0 spiro atoms. The van der Waals surface area contributed by atoms with Crippen LogP contribution in [0.3, 0.4) is 0 Å². The third kappa shape index (κ3) is 3.17. The highest BCUT2D eigenvalue weighted by atomic mass is 127. The highest BCUT2D eigenvalue weighted by Gasteiger charge is 2.27. The van der Waals surface area contributed by atoms with Gasteiger partial charge < -0.3 is 10.0 Å². The monoisotopic (exact) mass is 361 g/mol. The Morgan fingerprint density at radius 3 is 2.71 bits per heavy atom. The van der Waals surface area contributed by atoms with E-state index in [1.807, 2.05) is 17.8 Å². The maximum absolute atomic E-state index is 9.04. The number of thioether (sulfide) groups is 1. The Morgan fingerprint density at radius 1 is 1.35 bits per heavy atom. The number of nitrogens with zero attached hydrogens (tertiary/aromatic N) is 1. The van der Waals surface area contributed by atoms with Gasteiger partial charge in [0.1, 0.15) is 3.38 Å². The Kier molecular flexibility index (Phi) is 4.76. The van der Waals surface area contributed by atoms with Crippen LogP contribution in [0.4, 0.5) is 0 Å². The van der Waals surface area contributed by atoms with Crippen LogP contribution in [-0.2, 0) is 6.54 Å². The average Bonchev–Trinajstić information content (AvgIpc) is 2.59. The minimum atomic E-state index is 0.238. The molecule has 2 nitrogen and oxygen atoms in total. The summed E-state index contributed by atoms with van der Waals surface area (Å²) < 4.78 is 0.439. The Balaban J connectivity index is 2.10. The molecule has 2 rings (SSSR count). The molecule has 1 atom stereocenters. The fraction of sp³-hybridized carbons (Fsp3) is 0.385. The van der Waals surface area contributed by atoms with Crippen LogP contribution in [0.1, 0.15) is 18.9 Å². The van der Waals surface area contributed by atoms with E-state index in [1.165, 1.54) is 16.2 Å². The molecule has 1 aliphatic rings. The number of hydrogen-bond acceptors (Lipinski definition) is 3. The van der Waals surface area contributed by atoms with Gasteiger partial charge in [0.05, 0.1) is 0 Å². The quantitative estimate of drug-likeness (QED) is 0.504. The van der Waals surface area contributed by atoms with Crippen molar-refractivity contribution in [3.05, 3.63) is 46.5 Å². The molecule has 0 radical (unpaired) electrons. The van der Waals surface area contributed by atoms with Crippen LogP contribution in [0.25, 0.3) is 0 Å². The molecule has 0 fully saturated rings. The summed E-state index contributed by atoms with van der Waals surface area (Å²) in [7, 11) is 0. The van der Waals surface area contributed by atoms with Gasteiger partial charge in [0.2, 0.25) is 0 Å². The van der Waals surface area contributed by atoms with Crippen molar-refractivity contribution in [2.24, 2.45) is 0 Å². The van der Waals surface area contributed by atoms with E-state index in [-0.39, 0.29) is 6.61 Å². The lowest BCUT2D eigenvalue weighted by Gasteiger charge is -2.23. The number of allylic oxidation sites excluding steroid dienone is 1. The predicted octanol–water partition coefficient (Wildman–Crippen LogP) is 3.57. The number of alkyl halides is 1. The fourth-order valence-corrected chi connectivity index (χ4v) is 4.52. The summed E-state index contributed by atoms with van der Waals surface area (Å²) in [5, 5.41) is 9.04. The lowest BCUT2D eigenvalue weighted by atomic mass is 10.2. The van der Waals surface area contributed by atoms with Gasteiger partial charge in [-0.25, -0.2) is 0 Å². The highest BCUT2D eigenvalue weighted by molar-refractivity contribution is 14.1. The van der Waals surface area contributed by atoms with Crippen molar-refractivity contribution < 1.29 is 5.11 Å². The molecule has 17 heavy (non-hydrogen) atoms. The molecular weight excluding hydrogens is 345 g/mol. The van der Waals surface area contributed by atoms with E-state index in [9.17, 15) is 0 Å². The van der Waals surface area contributed by atoms with E-state index >= 15 is 0 Å². The van der Waals surface area contributed by atoms with Crippen molar-refractivity contribution >= 4 is 34.4 Å². The van der Waals surface area contributed by atoms with Crippen LogP contribution in [0, 0.1) is 0 Å². The largest absolute Gasteiger partial charge is 0.396 e. The second-order valence-corrected chi connectivity index (χ2v) is 7.21. The van der Waals surface area contributed by atoms with Crippen molar-refractivity contribution in [1.82, 2.24) is 4.90 Å². The van der Waals surface area contributed by atoms with Gasteiger partial charge in [0.15, 0.2) is 0 Å². The second-order valence-electron chi connectivity index (χ2n) is 4.01. The molecule has 1 N–H and O–H groups in total. The van der Waals surface area contributed by atoms with Gasteiger partial charge in [-0.2, -0.15) is 0 Å². The second kappa shape index (κ2) is 6.11. The summed E-state index contributed by atoms with van der Waals surface area (Å²) in [5.41, 5.74) is 2.65. The molecule has 0 saturated heterocycles. The molecule has 1 aliphatic heterocycles. The Hall–Kier alpha value is -0.200. The lowest BCUT2D eigenvalue weighted by molar-refractivity contribution is 0.300. The van der Waals surface area contributed by atoms with Gasteiger partial charge in [0.25, 0.3) is 0 Å². The third-order valence-electron chi connectivity index (χ3n) is 2.85. The van der Waals surface area contributed by atoms with Crippen molar-refractivity contribution in [2.45, 2.75) is 23.3 Å². The van der Waals surface area contributed by atoms with Crippen LogP contribution in [0.15, 0.2) is 40.9 Å². The summed E-state index contributed by atoms with van der Waals surface area (Å²) in [5.74, 6) is 0. The van der Waals surface area contributed by atoms with Crippen molar-refractivity contribution in [1.29, 1.82) is 0 Å². The molecule has 1 unspecified atom stereocenters. The molecule has 92 valence electrons. The van der Waals surface area contributed by atoms with E-state index in [2.05, 4.69) is 58.7 Å². The third-order valence-corrected chi connectivity index (χ3v) is 5.52. The zero-order valence-electron chi connectivity index (χ0n) is 9.77. The van der Waals surface area contributed by atoms with Crippen LogP contribution in [0.5, 0.6) is 0 Å². The van der Waals surface area contributed by atoms with Crippen LogP contribution < -0.4 is 0 Å². The van der Waals surface area contributed by atoms with E-state index < -0.39 is 0 Å². The van der Waals surface area contributed by atoms with Crippen LogP contribution >= 0.6 is 34.4 Å². The maximum atomic E-state index is 9.04. The van der Waals surface area contributed by atoms with Crippen molar-refractivity contribution in [2.75, 3.05) is 6.61 Å². The Morgan fingerprint density at radius 2 is 2.06 bits per heavy atom. The van der Waals surface area contributed by atoms with Crippen LogP contribution in [-0.4, -0.2) is 20.0 Å². The number of aliphatic hydroxyl groups is 1. The van der Waals surface area contributed by atoms with Crippen LogP contribution in [0.2, 0.25) is 0 Å². The molecule has 1 aromatic carbocycles. The van der Waals surface area contributed by atoms with E-state index in [4.69, 9.17) is 5.11 Å². The Labute approximate surface area is 120 Å². The summed E-state index contributed by atoms with van der Waals surface area (Å²) in [4.78, 5) is 3.72. The van der Waals surface area contributed by atoms with Gasteiger partial charge in [-0.05, 0) is 35.1 Å². The first kappa shape index (κ1) is 13.2. The number of aliphatic hydroxyl groups excluding tert-OH is 1. The molecule has 1 heterocycles. The summed E-state index contributed by atoms with van der Waals surface area (Å²) in [6.45, 7) is 3.34. The Bertz CT molecular complexity index is 407. The molecule has 4 heteroatoms. The highest BCUT2D eigenvalue weighted by Crippen LogP contribution is 2.43. The molecule has 0 saturated carbocycles. The number of rotatable bonds is 4. The molecule has 0 aromatic heterocycles. The van der Waals surface area contributed by atoms with Gasteiger partial charge >= 0.3 is 0 Å². The smallest absolute Gasteiger partial charge is 0.132 e. The van der Waals surface area contributed by atoms with E-state index in [0.29, 0.717) is 3.38 Å². The molecule has 0 bridgehead atoms. The normalized spacial score (nSPS) is 20.2. The summed E-state index contributed by atoms with van der Waals surface area (Å²) in [6.07, 6.45) is 0.779. The topological polar surface area (TPSA) is 23.5 Å². The summed E-state index contributed by atoms with van der Waals surface area (Å²) >= 11 is 4.31. The van der Waals surface area contributed by atoms with E-state index in [1.54, 1.807) is 0 Å². The van der Waals surface area contributed by atoms with Gasteiger partial charge in [-0.15, -0.1) is 0 Å². The SMILES string of the molecule is CC1=C(CCO)SC(I)N1Cc1ccccc1. The molecule has 1 aromatic rings. The van der Waals surface area contributed by atoms with E-state index in [0.717, 1.165) is 13.0 Å². The predicted molar refractivity (Wildman–Crippen MR) is 81.8 cm³/mol. The first-order valence-electron chi connectivity index (χ1n) is 5.64. The maximum Gasteiger partial charge on any atom is 0.132 e. The molecule has 0 amide bonds. The minimum Gasteiger partial charge on any atom is -0.396 e. The molecular formula is C13H16INOS. The minimum absolute atomic E-state index is 0.238. The standard InChI is InChI=1S/C13H16INOS/c1-10-12(7-8-16)17-13(14)15(10)9-11-5-3-2-4-6-11/h2-6,13,16H,7-9H2,1H3. The first-order chi connectivity index (χ1) is 8.22. The first-order valence-corrected chi connectivity index (χ1v) is 7.77. The molecule has 0 aliphatic carbocycles. The number of hydrogen-bond donors (Lipinski definition) is 1.